The number of hydrogen-bond acceptors (Lipinski definition) is 4. The Bertz CT molecular complexity index is 1020. The Balaban J connectivity index is 1.54. The van der Waals surface area contributed by atoms with Gasteiger partial charge in [0.25, 0.3) is 5.91 Å². The summed E-state index contributed by atoms with van der Waals surface area (Å²) >= 11 is 0. The number of methoxy groups -OCH3 is 1. The quantitative estimate of drug-likeness (QED) is 0.729. The second-order valence-electron chi connectivity index (χ2n) is 6.68. The molecule has 1 aliphatic heterocycles. The fraction of sp³-hybridized carbons (Fsp3) is 0.238. The third-order valence-electron chi connectivity index (χ3n) is 4.92. The average molecular weight is 381 g/mol. The molecule has 0 saturated carbocycles. The lowest BCUT2D eigenvalue weighted by molar-refractivity contribution is -0.141. The van der Waals surface area contributed by atoms with Crippen molar-refractivity contribution in [2.45, 2.75) is 19.1 Å². The van der Waals surface area contributed by atoms with Crippen LogP contribution in [-0.4, -0.2) is 39.5 Å². The maximum Gasteiger partial charge on any atom is 0.256 e. The van der Waals surface area contributed by atoms with Crippen LogP contribution in [0.1, 0.15) is 23.1 Å². The number of carbonyl (C=O) groups excluding carboxylic acids is 1. The highest BCUT2D eigenvalue weighted by Crippen LogP contribution is 2.27. The normalized spacial score (nSPS) is 14.5. The lowest BCUT2D eigenvalue weighted by Crippen LogP contribution is -2.39. The van der Waals surface area contributed by atoms with Gasteiger partial charge in [-0.25, -0.2) is 9.37 Å². The van der Waals surface area contributed by atoms with E-state index in [1.165, 1.54) is 23.1 Å². The van der Waals surface area contributed by atoms with Crippen molar-refractivity contribution in [1.29, 1.82) is 0 Å². The number of rotatable bonds is 4. The molecule has 28 heavy (non-hydrogen) atoms. The van der Waals surface area contributed by atoms with E-state index < -0.39 is 17.8 Å². The molecule has 0 aliphatic carbocycles. The molecule has 2 N–H and O–H groups in total. The topological polar surface area (TPSA) is 78.5 Å². The Morgan fingerprint density at radius 3 is 2.89 bits per heavy atom. The molecule has 4 rings (SSSR count). The van der Waals surface area contributed by atoms with Crippen molar-refractivity contribution in [3.63, 3.8) is 0 Å². The van der Waals surface area contributed by atoms with Crippen molar-refractivity contribution < 1.29 is 19.0 Å². The number of hydrogen-bond donors (Lipinski definition) is 2. The summed E-state index contributed by atoms with van der Waals surface area (Å²) in [6.07, 6.45) is -0.963. The van der Waals surface area contributed by atoms with Crippen molar-refractivity contribution >= 4 is 5.91 Å². The minimum Gasteiger partial charge on any atom is -0.497 e. The highest BCUT2D eigenvalue weighted by atomic mass is 19.1. The Hall–Kier alpha value is -3.19. The molecular formula is C21H20FN3O3. The molecule has 1 aliphatic rings. The summed E-state index contributed by atoms with van der Waals surface area (Å²) in [5.41, 5.74) is 2.58. The number of aromatic nitrogens is 2. The molecule has 0 saturated heterocycles. The summed E-state index contributed by atoms with van der Waals surface area (Å²) in [4.78, 5) is 22.1. The van der Waals surface area contributed by atoms with Gasteiger partial charge in [-0.2, -0.15) is 0 Å². The van der Waals surface area contributed by atoms with E-state index in [9.17, 15) is 14.3 Å². The van der Waals surface area contributed by atoms with E-state index in [2.05, 4.69) is 9.97 Å². The standard InChI is InChI=1S/C21H20FN3O3/c1-28-14-6-4-5-13(11-14)20-23-17-9-10-25(12-18(17)24-20)21(27)19(26)15-7-2-3-8-16(15)22/h2-8,11,19,26H,9-10,12H2,1H3,(H,23,24). The maximum atomic E-state index is 13.9. The van der Waals surface area contributed by atoms with Gasteiger partial charge in [-0.1, -0.05) is 30.3 Å². The molecule has 0 spiro atoms. The summed E-state index contributed by atoms with van der Waals surface area (Å²) in [6, 6.07) is 13.3. The van der Waals surface area contributed by atoms with Gasteiger partial charge in [0.05, 0.1) is 25.0 Å². The molecule has 1 atom stereocenters. The minimum absolute atomic E-state index is 0.0139. The largest absolute Gasteiger partial charge is 0.497 e. The van der Waals surface area contributed by atoms with Crippen LogP contribution in [0.25, 0.3) is 11.4 Å². The molecule has 1 amide bonds. The van der Waals surface area contributed by atoms with Gasteiger partial charge in [-0.3, -0.25) is 4.79 Å². The van der Waals surface area contributed by atoms with Gasteiger partial charge in [0.2, 0.25) is 0 Å². The van der Waals surface area contributed by atoms with E-state index in [-0.39, 0.29) is 12.1 Å². The number of ether oxygens (including phenoxy) is 1. The smallest absolute Gasteiger partial charge is 0.256 e. The van der Waals surface area contributed by atoms with Gasteiger partial charge in [-0.05, 0) is 18.2 Å². The molecular weight excluding hydrogens is 361 g/mol. The van der Waals surface area contributed by atoms with Crippen molar-refractivity contribution in [3.8, 4) is 17.1 Å². The summed E-state index contributed by atoms with van der Waals surface area (Å²) in [7, 11) is 1.61. The van der Waals surface area contributed by atoms with Crippen LogP contribution < -0.4 is 4.74 Å². The average Bonchev–Trinajstić information content (AvgIpc) is 3.16. The molecule has 0 radical (unpaired) electrons. The molecule has 2 heterocycles. The Labute approximate surface area is 161 Å². The van der Waals surface area contributed by atoms with Crippen LogP contribution in [-0.2, 0) is 17.8 Å². The number of aromatic amines is 1. The van der Waals surface area contributed by atoms with Crippen LogP contribution in [0, 0.1) is 5.82 Å². The zero-order valence-electron chi connectivity index (χ0n) is 15.4. The number of nitrogens with zero attached hydrogens (tertiary/aromatic N) is 2. The first-order valence-corrected chi connectivity index (χ1v) is 9.00. The van der Waals surface area contributed by atoms with E-state index in [1.54, 1.807) is 13.2 Å². The van der Waals surface area contributed by atoms with E-state index in [4.69, 9.17) is 4.74 Å². The Morgan fingerprint density at radius 2 is 2.11 bits per heavy atom. The number of aliphatic hydroxyl groups is 1. The van der Waals surface area contributed by atoms with Crippen LogP contribution in [0.3, 0.4) is 0 Å². The van der Waals surface area contributed by atoms with Gasteiger partial charge < -0.3 is 19.7 Å². The monoisotopic (exact) mass is 381 g/mol. The van der Waals surface area contributed by atoms with Gasteiger partial charge >= 0.3 is 0 Å². The van der Waals surface area contributed by atoms with Gasteiger partial charge in [0.1, 0.15) is 17.4 Å². The minimum atomic E-state index is -1.52. The molecule has 0 bridgehead atoms. The van der Waals surface area contributed by atoms with Gasteiger partial charge in [-0.15, -0.1) is 0 Å². The van der Waals surface area contributed by atoms with Crippen molar-refractivity contribution in [2.75, 3.05) is 13.7 Å². The van der Waals surface area contributed by atoms with Crippen molar-refractivity contribution in [2.24, 2.45) is 0 Å². The van der Waals surface area contributed by atoms with Crippen molar-refractivity contribution in [1.82, 2.24) is 14.9 Å². The van der Waals surface area contributed by atoms with Crippen molar-refractivity contribution in [3.05, 3.63) is 71.3 Å². The number of halogens is 1. The fourth-order valence-corrected chi connectivity index (χ4v) is 3.39. The third kappa shape index (κ3) is 3.36. The molecule has 1 aromatic heterocycles. The van der Waals surface area contributed by atoms with E-state index in [0.717, 1.165) is 22.7 Å². The third-order valence-corrected chi connectivity index (χ3v) is 4.92. The number of carbonyl (C=O) groups is 1. The lowest BCUT2D eigenvalue weighted by Gasteiger charge is -2.28. The summed E-state index contributed by atoms with van der Waals surface area (Å²) in [5, 5.41) is 10.3. The van der Waals surface area contributed by atoms with Crippen LogP contribution >= 0.6 is 0 Å². The summed E-state index contributed by atoms with van der Waals surface area (Å²) in [6.45, 7) is 0.705. The highest BCUT2D eigenvalue weighted by molar-refractivity contribution is 5.82. The van der Waals surface area contributed by atoms with Crippen LogP contribution in [0.4, 0.5) is 4.39 Å². The highest BCUT2D eigenvalue weighted by Gasteiger charge is 2.30. The number of aliphatic hydroxyl groups excluding tert-OH is 1. The second kappa shape index (κ2) is 7.44. The predicted octanol–water partition coefficient (Wildman–Crippen LogP) is 2.84. The Kier molecular flexibility index (Phi) is 4.83. The van der Waals surface area contributed by atoms with Gasteiger partial charge in [0, 0.05) is 24.1 Å². The number of imidazole rings is 1. The second-order valence-corrected chi connectivity index (χ2v) is 6.68. The predicted molar refractivity (Wildman–Crippen MR) is 101 cm³/mol. The van der Waals surface area contributed by atoms with E-state index >= 15 is 0 Å². The van der Waals surface area contributed by atoms with E-state index in [0.29, 0.717) is 18.8 Å². The van der Waals surface area contributed by atoms with Crippen LogP contribution in [0.15, 0.2) is 48.5 Å². The Morgan fingerprint density at radius 1 is 1.29 bits per heavy atom. The summed E-state index contributed by atoms with van der Waals surface area (Å²) in [5.74, 6) is 0.320. The number of nitrogens with one attached hydrogen (secondary N) is 1. The molecule has 3 aromatic rings. The molecule has 2 aromatic carbocycles. The zero-order valence-corrected chi connectivity index (χ0v) is 15.4. The van der Waals surface area contributed by atoms with Crippen LogP contribution in [0.2, 0.25) is 0 Å². The number of amides is 1. The lowest BCUT2D eigenvalue weighted by atomic mass is 10.1. The molecule has 7 heteroatoms. The van der Waals surface area contributed by atoms with Crippen LogP contribution in [0.5, 0.6) is 5.75 Å². The molecule has 1 unspecified atom stereocenters. The first-order chi connectivity index (χ1) is 13.6. The SMILES string of the molecule is COc1cccc(-c2nc3c([nH]2)CN(C(=O)C(O)c2ccccc2F)CC3)c1. The number of benzene rings is 2. The number of H-pyrrole nitrogens is 1. The number of fused-ring (bicyclic) bond motifs is 1. The molecule has 6 nitrogen and oxygen atoms in total. The molecule has 144 valence electrons. The zero-order chi connectivity index (χ0) is 19.7. The van der Waals surface area contributed by atoms with Gasteiger partial charge in [0.15, 0.2) is 6.10 Å². The molecule has 0 fully saturated rings. The first kappa shape index (κ1) is 18.2. The summed E-state index contributed by atoms with van der Waals surface area (Å²) < 4.78 is 19.2. The van der Waals surface area contributed by atoms with E-state index in [1.807, 2.05) is 24.3 Å². The first-order valence-electron chi connectivity index (χ1n) is 9.00. The maximum absolute atomic E-state index is 13.9. The fourth-order valence-electron chi connectivity index (χ4n) is 3.39.